The van der Waals surface area contributed by atoms with Crippen LogP contribution in [0.3, 0.4) is 0 Å². The molecule has 398 valence electrons. The highest BCUT2D eigenvalue weighted by molar-refractivity contribution is 6.10. The number of allylic oxidation sites excluding steroid dienone is 2. The first-order valence-corrected chi connectivity index (χ1v) is 28.9. The number of hydrogen-bond acceptors (Lipinski definition) is 4. The summed E-state index contributed by atoms with van der Waals surface area (Å²) in [6, 6.07) is 111. The van der Waals surface area contributed by atoms with Crippen molar-refractivity contribution in [1.82, 2.24) is 9.13 Å². The van der Waals surface area contributed by atoms with Crippen molar-refractivity contribution in [3.8, 4) is 11.4 Å². The lowest BCUT2D eigenvalue weighted by molar-refractivity contribution is 0.745. The molecule has 84 heavy (non-hydrogen) atoms. The second-order valence-corrected chi connectivity index (χ2v) is 21.7. The van der Waals surface area contributed by atoms with Gasteiger partial charge in [-0.15, -0.1) is 0 Å². The fourth-order valence-electron chi connectivity index (χ4n) is 13.3. The van der Waals surface area contributed by atoms with Gasteiger partial charge in [0.25, 0.3) is 0 Å². The first-order chi connectivity index (χ1) is 41.7. The van der Waals surface area contributed by atoms with E-state index in [1.807, 2.05) is 0 Å². The minimum atomic E-state index is 0.197. The molecule has 6 nitrogen and oxygen atoms in total. The summed E-state index contributed by atoms with van der Waals surface area (Å²) in [4.78, 5) is 9.71. The average molecular weight is 1080 g/mol. The summed E-state index contributed by atoms with van der Waals surface area (Å²) in [5, 5.41) is 4.96. The number of rotatable bonds is 12. The van der Waals surface area contributed by atoms with Crippen molar-refractivity contribution in [2.75, 3.05) is 19.6 Å². The van der Waals surface area contributed by atoms with Crippen LogP contribution in [0.5, 0.6) is 0 Å². The molecule has 1 aliphatic carbocycles. The molecule has 2 atom stereocenters. The van der Waals surface area contributed by atoms with Gasteiger partial charge < -0.3 is 28.7 Å². The monoisotopic (exact) mass is 1080 g/mol. The van der Waals surface area contributed by atoms with Gasteiger partial charge in [-0.05, 0) is 163 Å². The zero-order valence-corrected chi connectivity index (χ0v) is 46.0. The molecule has 0 amide bonds. The van der Waals surface area contributed by atoms with Crippen LogP contribution in [0, 0.1) is 0 Å². The van der Waals surface area contributed by atoms with Gasteiger partial charge in [0, 0.05) is 84.3 Å². The average Bonchev–Trinajstić information content (AvgIpc) is 4.05. The molecule has 0 radical (unpaired) electrons. The van der Waals surface area contributed by atoms with Crippen LogP contribution in [0.2, 0.25) is 0 Å². The molecule has 2 aromatic heterocycles. The molecule has 16 rings (SSSR count). The Morgan fingerprint density at radius 1 is 0.250 bits per heavy atom. The minimum absolute atomic E-state index is 0.197. The largest absolute Gasteiger partial charge is 0.333 e. The quantitative estimate of drug-likeness (QED) is 0.122. The number of aromatic nitrogens is 2. The zero-order chi connectivity index (χ0) is 55.5. The van der Waals surface area contributed by atoms with Gasteiger partial charge in [-0.25, -0.2) is 0 Å². The molecule has 3 heterocycles. The fraction of sp³-hybridized carbons (Fsp3) is 0.0256. The summed E-state index contributed by atoms with van der Waals surface area (Å²) < 4.78 is 4.77. The van der Waals surface area contributed by atoms with Crippen molar-refractivity contribution in [3.05, 3.63) is 333 Å². The van der Waals surface area contributed by atoms with E-state index < -0.39 is 0 Å². The van der Waals surface area contributed by atoms with E-state index in [4.69, 9.17) is 0 Å². The normalized spacial score (nSPS) is 14.3. The van der Waals surface area contributed by atoms with E-state index in [2.05, 4.69) is 356 Å². The topological polar surface area (TPSA) is 22.8 Å². The lowest BCUT2D eigenvalue weighted by atomic mass is 9.91. The van der Waals surface area contributed by atoms with Crippen LogP contribution >= 0.6 is 0 Å². The predicted octanol–water partition coefficient (Wildman–Crippen LogP) is 21.0. The predicted molar refractivity (Wildman–Crippen MR) is 353 cm³/mol. The Morgan fingerprint density at radius 2 is 0.560 bits per heavy atom. The molecule has 2 unspecified atom stereocenters. The number of hydrogen-bond donors (Lipinski definition) is 0. The number of benzene rings is 12. The second kappa shape index (κ2) is 20.5. The van der Waals surface area contributed by atoms with Crippen LogP contribution < -0.4 is 19.6 Å². The molecule has 0 fully saturated rings. The Bertz CT molecular complexity index is 4470. The van der Waals surface area contributed by atoms with Crippen LogP contribution in [0.4, 0.5) is 62.6 Å². The number of nitrogens with zero attached hydrogens (tertiary/aromatic N) is 6. The van der Waals surface area contributed by atoms with Gasteiger partial charge in [0.15, 0.2) is 0 Å². The number of anilines is 11. The van der Waals surface area contributed by atoms with Crippen LogP contribution in [0.25, 0.3) is 55.0 Å². The van der Waals surface area contributed by atoms with Crippen molar-refractivity contribution >= 4 is 106 Å². The Labute approximate surface area is 488 Å². The highest BCUT2D eigenvalue weighted by Gasteiger charge is 2.37. The molecule has 1 aliphatic heterocycles. The fourth-order valence-corrected chi connectivity index (χ4v) is 13.3. The smallest absolute Gasteiger partial charge is 0.0629 e. The zero-order valence-electron chi connectivity index (χ0n) is 46.0. The van der Waals surface area contributed by atoms with E-state index in [1.54, 1.807) is 0 Å². The first kappa shape index (κ1) is 48.8. The lowest BCUT2D eigenvalue weighted by Gasteiger charge is -2.33. The van der Waals surface area contributed by atoms with E-state index in [0.29, 0.717) is 5.92 Å². The highest BCUT2D eigenvalue weighted by Crippen LogP contribution is 2.50. The van der Waals surface area contributed by atoms with Crippen molar-refractivity contribution < 1.29 is 0 Å². The summed E-state index contributed by atoms with van der Waals surface area (Å²) in [6.45, 7) is 0. The van der Waals surface area contributed by atoms with Crippen LogP contribution in [-0.4, -0.2) is 15.2 Å². The van der Waals surface area contributed by atoms with Gasteiger partial charge in [-0.2, -0.15) is 0 Å². The maximum atomic E-state index is 2.50. The molecule has 0 N–H and O–H groups in total. The maximum absolute atomic E-state index is 2.50. The van der Waals surface area contributed by atoms with E-state index in [-0.39, 0.29) is 6.04 Å². The van der Waals surface area contributed by atoms with E-state index in [1.165, 1.54) is 54.9 Å². The van der Waals surface area contributed by atoms with Crippen molar-refractivity contribution in [2.45, 2.75) is 12.0 Å². The maximum Gasteiger partial charge on any atom is 0.0629 e. The third kappa shape index (κ3) is 8.26. The molecular formula is C78H56N6. The Balaban J connectivity index is 0.887. The number of fused-ring (bicyclic) bond motifs is 9. The summed E-state index contributed by atoms with van der Waals surface area (Å²) in [5.41, 5.74) is 19.9. The molecule has 0 saturated carbocycles. The molecule has 0 saturated heterocycles. The summed E-state index contributed by atoms with van der Waals surface area (Å²) in [6.07, 6.45) is 9.06. The van der Waals surface area contributed by atoms with E-state index in [0.717, 1.165) is 68.2 Å². The molecule has 0 bridgehead atoms. The number of para-hydroxylation sites is 8. The molecule has 0 spiro atoms. The Morgan fingerprint density at radius 3 is 0.952 bits per heavy atom. The van der Waals surface area contributed by atoms with Crippen LogP contribution in [0.15, 0.2) is 328 Å². The minimum Gasteiger partial charge on any atom is -0.333 e. The molecule has 6 heteroatoms. The third-order valence-electron chi connectivity index (χ3n) is 16.9. The van der Waals surface area contributed by atoms with Gasteiger partial charge in [0.2, 0.25) is 0 Å². The van der Waals surface area contributed by atoms with Crippen molar-refractivity contribution in [3.63, 3.8) is 0 Å². The van der Waals surface area contributed by atoms with Gasteiger partial charge in [-0.3, -0.25) is 0 Å². The van der Waals surface area contributed by atoms with Crippen molar-refractivity contribution in [1.29, 1.82) is 0 Å². The SMILES string of the molecule is C1=CC2c3ccccc3N(c3ccc(N(c4ccccc4)c4cc(N(c5ccccc5)c5ccc(-n6c7ccccc7c7ccccc76)cc5)cc(N(c5ccccc5)c5ccc(-n6c7ccccc7c7ccccc76)cc5)c4)cc3)C2C=C1. The molecule has 12 aromatic carbocycles. The van der Waals surface area contributed by atoms with Crippen LogP contribution in [0.1, 0.15) is 11.5 Å². The standard InChI is InChI=1S/C78H56N6/c1-4-22-55(23-5-1)79(58-40-46-61(47-41-58)82-73-34-16-10-28-67(73)68-29-11-17-35-74(68)82)64-52-65(80(56-24-6-2-7-25-56)59-42-48-62(49-43-59)83-75-36-18-12-30-69(75)70-31-13-19-37-76(70)83)54-66(53-64)81(57-26-8-3-9-27-57)60-44-50-63(51-45-60)84-77-38-20-14-32-71(77)72-33-15-21-39-78(72)84/h1-54,67,73H. The van der Waals surface area contributed by atoms with E-state index >= 15 is 0 Å². The Kier molecular flexibility index (Phi) is 11.9. The van der Waals surface area contributed by atoms with E-state index in [9.17, 15) is 0 Å². The van der Waals surface area contributed by atoms with Crippen LogP contribution in [-0.2, 0) is 0 Å². The summed E-state index contributed by atoms with van der Waals surface area (Å²) in [5.74, 6) is 0.294. The van der Waals surface area contributed by atoms with Gasteiger partial charge in [0.1, 0.15) is 0 Å². The van der Waals surface area contributed by atoms with Crippen molar-refractivity contribution in [2.24, 2.45) is 0 Å². The van der Waals surface area contributed by atoms with Gasteiger partial charge >= 0.3 is 0 Å². The van der Waals surface area contributed by atoms with Gasteiger partial charge in [0.05, 0.1) is 45.2 Å². The lowest BCUT2D eigenvalue weighted by Crippen LogP contribution is -2.28. The molecular weight excluding hydrogens is 1020 g/mol. The van der Waals surface area contributed by atoms with Gasteiger partial charge in [-0.1, -0.05) is 170 Å². The summed E-state index contributed by atoms with van der Waals surface area (Å²) >= 11 is 0. The highest BCUT2D eigenvalue weighted by atomic mass is 15.2. The molecule has 2 aliphatic rings. The molecule has 14 aromatic rings. The first-order valence-electron chi connectivity index (χ1n) is 28.9. The Hall–Kier alpha value is -11.1. The summed E-state index contributed by atoms with van der Waals surface area (Å²) in [7, 11) is 0. The third-order valence-corrected chi connectivity index (χ3v) is 16.9. The second-order valence-electron chi connectivity index (χ2n) is 21.7.